The quantitative estimate of drug-likeness (QED) is 0.528. The molecular formula is C11H16. The van der Waals surface area contributed by atoms with E-state index in [1.807, 2.05) is 5.57 Å². The van der Waals surface area contributed by atoms with E-state index in [2.05, 4.69) is 19.9 Å². The fraction of sp³-hybridized carbons (Fsp3) is 0.818. The molecule has 4 bridgehead atoms. The lowest BCUT2D eigenvalue weighted by Crippen LogP contribution is -2.48. The zero-order chi connectivity index (χ0) is 7.59. The molecule has 5 unspecified atom stereocenters. The van der Waals surface area contributed by atoms with Crippen LogP contribution in [-0.4, -0.2) is 0 Å². The molecule has 0 saturated heterocycles. The standard InChI is InChI=1S/C11H16/c1-3-6(2)10-8-4-7-5-9(8)11(7)10/h4,6-7,9-11H,3,5H2,1-2H3. The molecule has 0 spiro atoms. The molecule has 2 fully saturated rings. The van der Waals surface area contributed by atoms with Crippen molar-refractivity contribution in [1.29, 1.82) is 0 Å². The molecule has 0 nitrogen and oxygen atoms in total. The van der Waals surface area contributed by atoms with Crippen molar-refractivity contribution in [1.82, 2.24) is 0 Å². The Labute approximate surface area is 68.7 Å². The zero-order valence-electron chi connectivity index (χ0n) is 7.38. The Hall–Kier alpha value is -0.260. The Morgan fingerprint density at radius 3 is 2.91 bits per heavy atom. The molecule has 2 saturated carbocycles. The number of allylic oxidation sites excluding steroid dienone is 2. The Kier molecular flexibility index (Phi) is 0.987. The molecule has 0 heteroatoms. The van der Waals surface area contributed by atoms with Gasteiger partial charge < -0.3 is 0 Å². The highest BCUT2D eigenvalue weighted by atomic mass is 14.7. The second-order valence-electron chi connectivity index (χ2n) is 4.66. The molecule has 60 valence electrons. The van der Waals surface area contributed by atoms with Crippen molar-refractivity contribution < 1.29 is 0 Å². The molecule has 5 rings (SSSR count). The maximum absolute atomic E-state index is 2.59. The summed E-state index contributed by atoms with van der Waals surface area (Å²) in [5.74, 6) is 5.24. The Bertz CT molecular complexity index is 222. The van der Waals surface area contributed by atoms with E-state index in [-0.39, 0.29) is 0 Å². The van der Waals surface area contributed by atoms with Gasteiger partial charge >= 0.3 is 0 Å². The molecule has 0 aromatic heterocycles. The van der Waals surface area contributed by atoms with Gasteiger partial charge in [-0.2, -0.15) is 0 Å². The highest BCUT2D eigenvalue weighted by molar-refractivity contribution is 5.40. The largest absolute Gasteiger partial charge is 0.0813 e. The third kappa shape index (κ3) is 0.513. The molecule has 0 aromatic rings. The van der Waals surface area contributed by atoms with Crippen LogP contribution < -0.4 is 0 Å². The first kappa shape index (κ1) is 6.28. The first-order chi connectivity index (χ1) is 5.33. The number of hydrogen-bond acceptors (Lipinski definition) is 0. The first-order valence-electron chi connectivity index (χ1n) is 5.04. The summed E-state index contributed by atoms with van der Waals surface area (Å²) < 4.78 is 0. The van der Waals surface area contributed by atoms with Crippen LogP contribution in [-0.2, 0) is 0 Å². The van der Waals surface area contributed by atoms with Crippen molar-refractivity contribution in [3.8, 4) is 0 Å². The lowest BCUT2D eigenvalue weighted by molar-refractivity contribution is 0.0151. The third-order valence-corrected chi connectivity index (χ3v) is 4.38. The summed E-state index contributed by atoms with van der Waals surface area (Å²) in [4.78, 5) is 0. The average molecular weight is 148 g/mol. The zero-order valence-corrected chi connectivity index (χ0v) is 7.38. The van der Waals surface area contributed by atoms with Crippen LogP contribution in [0.2, 0.25) is 0 Å². The second kappa shape index (κ2) is 1.73. The molecular weight excluding hydrogens is 132 g/mol. The lowest BCUT2D eigenvalue weighted by atomic mass is 9.50. The van der Waals surface area contributed by atoms with Crippen molar-refractivity contribution in [2.75, 3.05) is 0 Å². The Balaban J connectivity index is 1.82. The molecule has 0 radical (unpaired) electrons. The summed E-state index contributed by atoms with van der Waals surface area (Å²) in [7, 11) is 0. The van der Waals surface area contributed by atoms with Gasteiger partial charge in [-0.1, -0.05) is 31.9 Å². The molecule has 0 aliphatic heterocycles. The summed E-state index contributed by atoms with van der Waals surface area (Å²) in [6.07, 6.45) is 5.48. The fourth-order valence-corrected chi connectivity index (χ4v) is 3.56. The molecule has 0 aromatic carbocycles. The SMILES string of the molecule is CCC(C)C1C2=CC3CC2C31. The van der Waals surface area contributed by atoms with Gasteiger partial charge in [0.15, 0.2) is 0 Å². The summed E-state index contributed by atoms with van der Waals surface area (Å²) in [6, 6.07) is 0. The van der Waals surface area contributed by atoms with Gasteiger partial charge in [0.05, 0.1) is 0 Å². The second-order valence-corrected chi connectivity index (χ2v) is 4.66. The van der Waals surface area contributed by atoms with Gasteiger partial charge in [-0.05, 0) is 36.0 Å². The topological polar surface area (TPSA) is 0 Å². The first-order valence-corrected chi connectivity index (χ1v) is 5.04. The van der Waals surface area contributed by atoms with E-state index in [1.54, 1.807) is 0 Å². The normalized spacial score (nSPS) is 52.7. The van der Waals surface area contributed by atoms with E-state index in [4.69, 9.17) is 0 Å². The number of rotatable bonds is 2. The third-order valence-electron chi connectivity index (χ3n) is 4.38. The predicted octanol–water partition coefficient (Wildman–Crippen LogP) is 2.85. The summed E-state index contributed by atoms with van der Waals surface area (Å²) in [5, 5.41) is 0. The van der Waals surface area contributed by atoms with Crippen molar-refractivity contribution >= 4 is 0 Å². The van der Waals surface area contributed by atoms with Crippen molar-refractivity contribution in [3.63, 3.8) is 0 Å². The summed E-state index contributed by atoms with van der Waals surface area (Å²) in [6.45, 7) is 4.75. The van der Waals surface area contributed by atoms with E-state index in [1.165, 1.54) is 12.8 Å². The van der Waals surface area contributed by atoms with Crippen LogP contribution in [0.1, 0.15) is 26.7 Å². The average Bonchev–Trinajstić information content (AvgIpc) is 2.60. The Morgan fingerprint density at radius 1 is 1.64 bits per heavy atom. The number of hydrogen-bond donors (Lipinski definition) is 0. The van der Waals surface area contributed by atoms with Crippen LogP contribution >= 0.6 is 0 Å². The van der Waals surface area contributed by atoms with Gasteiger partial charge in [0, 0.05) is 0 Å². The molecule has 5 aliphatic carbocycles. The maximum Gasteiger partial charge on any atom is -0.0135 e. The van der Waals surface area contributed by atoms with E-state index in [9.17, 15) is 0 Å². The predicted molar refractivity (Wildman–Crippen MR) is 46.1 cm³/mol. The molecule has 0 heterocycles. The van der Waals surface area contributed by atoms with Crippen LogP contribution in [0, 0.1) is 29.6 Å². The van der Waals surface area contributed by atoms with Gasteiger partial charge in [0.2, 0.25) is 0 Å². The lowest BCUT2D eigenvalue weighted by Gasteiger charge is -2.54. The van der Waals surface area contributed by atoms with Crippen LogP contribution in [0.15, 0.2) is 11.6 Å². The highest BCUT2D eigenvalue weighted by Gasteiger charge is 2.62. The minimum absolute atomic E-state index is 0.966. The van der Waals surface area contributed by atoms with Crippen molar-refractivity contribution in [3.05, 3.63) is 11.6 Å². The molecule has 0 amide bonds. The molecule has 5 aliphatic rings. The monoisotopic (exact) mass is 148 g/mol. The van der Waals surface area contributed by atoms with Gasteiger partial charge in [-0.15, -0.1) is 0 Å². The Morgan fingerprint density at radius 2 is 2.45 bits per heavy atom. The molecule has 11 heavy (non-hydrogen) atoms. The van der Waals surface area contributed by atoms with Crippen LogP contribution in [0.4, 0.5) is 0 Å². The van der Waals surface area contributed by atoms with Crippen LogP contribution in [0.3, 0.4) is 0 Å². The summed E-state index contributed by atoms with van der Waals surface area (Å²) in [5.41, 5.74) is 1.86. The summed E-state index contributed by atoms with van der Waals surface area (Å²) >= 11 is 0. The minimum Gasteiger partial charge on any atom is -0.0813 e. The highest BCUT2D eigenvalue weighted by Crippen LogP contribution is 2.70. The van der Waals surface area contributed by atoms with Crippen LogP contribution in [0.5, 0.6) is 0 Å². The smallest absolute Gasteiger partial charge is 0.0135 e. The van der Waals surface area contributed by atoms with Gasteiger partial charge in [0.25, 0.3) is 0 Å². The van der Waals surface area contributed by atoms with E-state index in [0.717, 1.165) is 29.6 Å². The van der Waals surface area contributed by atoms with E-state index < -0.39 is 0 Å². The maximum atomic E-state index is 2.59. The van der Waals surface area contributed by atoms with Crippen molar-refractivity contribution in [2.24, 2.45) is 29.6 Å². The van der Waals surface area contributed by atoms with Gasteiger partial charge in [-0.3, -0.25) is 0 Å². The van der Waals surface area contributed by atoms with Crippen molar-refractivity contribution in [2.45, 2.75) is 26.7 Å². The van der Waals surface area contributed by atoms with Gasteiger partial charge in [-0.25, -0.2) is 0 Å². The fourth-order valence-electron chi connectivity index (χ4n) is 3.56. The van der Waals surface area contributed by atoms with E-state index in [0.29, 0.717) is 0 Å². The minimum atomic E-state index is 0.966. The molecule has 5 atom stereocenters. The van der Waals surface area contributed by atoms with Crippen LogP contribution in [0.25, 0.3) is 0 Å². The van der Waals surface area contributed by atoms with Gasteiger partial charge in [0.1, 0.15) is 0 Å². The molecule has 0 N–H and O–H groups in total. The van der Waals surface area contributed by atoms with E-state index >= 15 is 0 Å².